The minimum Gasteiger partial charge on any atom is -0.480 e. The van der Waals surface area contributed by atoms with Gasteiger partial charge in [-0.25, -0.2) is 4.79 Å². The molecule has 0 aliphatic heterocycles. The van der Waals surface area contributed by atoms with Crippen molar-refractivity contribution in [3.63, 3.8) is 0 Å². The molecule has 0 spiro atoms. The maximum absolute atomic E-state index is 12.8. The van der Waals surface area contributed by atoms with Crippen LogP contribution in [0, 0.1) is 0 Å². The highest BCUT2D eigenvalue weighted by molar-refractivity contribution is 6.99. The molecular weight excluding hydrogens is 490 g/mol. The zero-order valence-electron chi connectivity index (χ0n) is 23.7. The van der Waals surface area contributed by atoms with Crippen LogP contribution in [-0.4, -0.2) is 37.9 Å². The number of carboxylic acid groups (broad SMARTS) is 1. The maximum Gasteiger partial charge on any atom is 0.328 e. The van der Waals surface area contributed by atoms with Gasteiger partial charge < -0.3 is 14.8 Å². The van der Waals surface area contributed by atoms with Crippen LogP contribution in [-0.2, 0) is 14.0 Å². The fraction of sp³-hybridized carbons (Fsp3) is 0.438. The van der Waals surface area contributed by atoms with Crippen LogP contribution >= 0.6 is 0 Å². The van der Waals surface area contributed by atoms with Gasteiger partial charge in [-0.2, -0.15) is 0 Å². The summed E-state index contributed by atoms with van der Waals surface area (Å²) in [5.74, 6) is -1.53. The first kappa shape index (κ1) is 31.3. The molecule has 0 aromatic heterocycles. The lowest BCUT2D eigenvalue weighted by Crippen LogP contribution is -2.67. The molecule has 6 heteroatoms. The largest absolute Gasteiger partial charge is 0.480 e. The van der Waals surface area contributed by atoms with Crippen molar-refractivity contribution in [1.82, 2.24) is 5.32 Å². The van der Waals surface area contributed by atoms with Gasteiger partial charge in [0.1, 0.15) is 6.04 Å². The minimum atomic E-state index is -2.92. The molecule has 2 N–H and O–H groups in total. The van der Waals surface area contributed by atoms with E-state index in [1.807, 2.05) is 42.5 Å². The molecule has 1 unspecified atom stereocenters. The van der Waals surface area contributed by atoms with Crippen LogP contribution in [0.1, 0.15) is 73.1 Å². The van der Waals surface area contributed by atoms with Crippen LogP contribution in [0.25, 0.3) is 0 Å². The summed E-state index contributed by atoms with van der Waals surface area (Å²) >= 11 is 0. The van der Waals surface area contributed by atoms with Gasteiger partial charge in [-0.3, -0.25) is 4.79 Å². The van der Waals surface area contributed by atoms with Crippen molar-refractivity contribution in [2.45, 2.75) is 84.2 Å². The second-order valence-electron chi connectivity index (χ2n) is 10.8. The molecule has 0 saturated heterocycles. The van der Waals surface area contributed by atoms with Crippen LogP contribution in [0.4, 0.5) is 0 Å². The van der Waals surface area contributed by atoms with Gasteiger partial charge in [-0.1, -0.05) is 132 Å². The predicted molar refractivity (Wildman–Crippen MR) is 159 cm³/mol. The molecule has 2 rings (SSSR count). The highest BCUT2D eigenvalue weighted by Gasteiger charge is 2.50. The lowest BCUT2D eigenvalue weighted by Gasteiger charge is -2.43. The summed E-state index contributed by atoms with van der Waals surface area (Å²) in [4.78, 5) is 25.0. The van der Waals surface area contributed by atoms with E-state index in [-0.39, 0.29) is 11.6 Å². The van der Waals surface area contributed by atoms with Crippen molar-refractivity contribution in [3.8, 4) is 0 Å². The van der Waals surface area contributed by atoms with Gasteiger partial charge >= 0.3 is 5.97 Å². The molecule has 38 heavy (non-hydrogen) atoms. The summed E-state index contributed by atoms with van der Waals surface area (Å²) < 4.78 is 6.73. The van der Waals surface area contributed by atoms with Crippen LogP contribution in [0.5, 0.6) is 0 Å². The summed E-state index contributed by atoms with van der Waals surface area (Å²) in [6.45, 7) is 10.2. The maximum atomic E-state index is 12.8. The Morgan fingerprint density at radius 3 is 2.00 bits per heavy atom. The third kappa shape index (κ3) is 8.81. The molecule has 0 aliphatic carbocycles. The number of unbranched alkanes of at least 4 members (excludes halogenated alkanes) is 5. The molecule has 0 saturated carbocycles. The molecule has 2 aromatic rings. The first-order valence-electron chi connectivity index (χ1n) is 13.8. The number of carbonyl (C=O) groups is 2. The standard InChI is InChI=1S/C32H45NO4Si/c1-6-7-8-9-10-11-12-15-20-26(2)30(34)33-29(31(35)36)25-37-38(32(3,4)5,27-21-16-13-17-22-27)28-23-18-14-19-24-28/h12-24,29H,6-11,25H2,1-5H3,(H,33,34)(H,35,36)/b15-12-,26-20+. The van der Waals surface area contributed by atoms with Gasteiger partial charge in [-0.05, 0) is 35.2 Å². The smallest absolute Gasteiger partial charge is 0.328 e. The average molecular weight is 536 g/mol. The SMILES string of the molecule is CCCCCCC/C=C\C=C(/C)C(=O)NC(CO[Si](c1ccccc1)(c1ccccc1)C(C)(C)C)C(=O)O. The van der Waals surface area contributed by atoms with Gasteiger partial charge in [0.05, 0.1) is 6.61 Å². The Hall–Kier alpha value is -2.96. The van der Waals surface area contributed by atoms with Gasteiger partial charge in [0.2, 0.25) is 5.91 Å². The Morgan fingerprint density at radius 1 is 0.947 bits per heavy atom. The number of hydrogen-bond acceptors (Lipinski definition) is 3. The number of allylic oxidation sites excluding steroid dienone is 3. The number of benzene rings is 2. The molecule has 5 nitrogen and oxygen atoms in total. The number of hydrogen-bond donors (Lipinski definition) is 2. The van der Waals surface area contributed by atoms with Crippen LogP contribution in [0.3, 0.4) is 0 Å². The Balaban J connectivity index is 2.18. The first-order chi connectivity index (χ1) is 18.1. The van der Waals surface area contributed by atoms with E-state index in [4.69, 9.17) is 4.43 Å². The van der Waals surface area contributed by atoms with Crippen LogP contribution < -0.4 is 15.7 Å². The molecule has 0 aliphatic rings. The van der Waals surface area contributed by atoms with Gasteiger partial charge in [0.25, 0.3) is 8.32 Å². The predicted octanol–water partition coefficient (Wildman–Crippen LogP) is 6.00. The Kier molecular flexibility index (Phi) is 12.7. The van der Waals surface area contributed by atoms with E-state index in [0.29, 0.717) is 5.57 Å². The third-order valence-corrected chi connectivity index (χ3v) is 11.8. The monoisotopic (exact) mass is 535 g/mol. The number of carbonyl (C=O) groups excluding carboxylic acids is 1. The zero-order chi connectivity index (χ0) is 28.0. The van der Waals surface area contributed by atoms with Crippen LogP contribution in [0.2, 0.25) is 5.04 Å². The molecule has 1 amide bonds. The van der Waals surface area contributed by atoms with Gasteiger partial charge in [0.15, 0.2) is 0 Å². The summed E-state index contributed by atoms with van der Waals surface area (Å²) in [6, 6.07) is 18.9. The summed E-state index contributed by atoms with van der Waals surface area (Å²) in [6.07, 6.45) is 12.8. The molecule has 206 valence electrons. The van der Waals surface area contributed by atoms with E-state index < -0.39 is 26.2 Å². The molecule has 0 bridgehead atoms. The Labute approximate surface area is 230 Å². The zero-order valence-corrected chi connectivity index (χ0v) is 24.7. The van der Waals surface area contributed by atoms with E-state index in [9.17, 15) is 14.7 Å². The van der Waals surface area contributed by atoms with E-state index in [1.165, 1.54) is 25.7 Å². The lowest BCUT2D eigenvalue weighted by atomic mass is 10.1. The highest BCUT2D eigenvalue weighted by Crippen LogP contribution is 2.36. The second-order valence-corrected chi connectivity index (χ2v) is 15.1. The molecular formula is C32H45NO4Si. The molecule has 1 atom stereocenters. The summed E-state index contributed by atoms with van der Waals surface area (Å²) in [7, 11) is -2.92. The fourth-order valence-electron chi connectivity index (χ4n) is 4.67. The molecule has 0 radical (unpaired) electrons. The normalized spacial score (nSPS) is 13.4. The van der Waals surface area contributed by atoms with Crippen LogP contribution in [0.15, 0.2) is 84.5 Å². The van der Waals surface area contributed by atoms with Crippen molar-refractivity contribution in [2.75, 3.05) is 6.61 Å². The fourth-order valence-corrected chi connectivity index (χ4v) is 9.24. The van der Waals surface area contributed by atoms with Gasteiger partial charge in [-0.15, -0.1) is 0 Å². The molecule has 2 aromatic carbocycles. The topological polar surface area (TPSA) is 75.6 Å². The van der Waals surface area contributed by atoms with Crippen molar-refractivity contribution in [1.29, 1.82) is 0 Å². The molecule has 0 heterocycles. The first-order valence-corrected chi connectivity index (χ1v) is 15.7. The summed E-state index contributed by atoms with van der Waals surface area (Å²) in [5, 5.41) is 14.5. The van der Waals surface area contributed by atoms with Crippen molar-refractivity contribution < 1.29 is 19.1 Å². The van der Waals surface area contributed by atoms with Crippen molar-refractivity contribution in [3.05, 3.63) is 84.5 Å². The van der Waals surface area contributed by atoms with Crippen molar-refractivity contribution >= 4 is 30.6 Å². The number of amides is 1. The lowest BCUT2D eigenvalue weighted by molar-refractivity contribution is -0.142. The number of carboxylic acids is 1. The number of aliphatic carboxylic acids is 1. The molecule has 0 fully saturated rings. The van der Waals surface area contributed by atoms with E-state index in [1.54, 1.807) is 13.0 Å². The highest BCUT2D eigenvalue weighted by atomic mass is 28.4. The number of rotatable bonds is 15. The van der Waals surface area contributed by atoms with E-state index >= 15 is 0 Å². The average Bonchev–Trinajstić information content (AvgIpc) is 2.90. The third-order valence-electron chi connectivity index (χ3n) is 6.80. The van der Waals surface area contributed by atoms with Gasteiger partial charge in [0, 0.05) is 5.57 Å². The second kappa shape index (κ2) is 15.4. The van der Waals surface area contributed by atoms with E-state index in [2.05, 4.69) is 63.4 Å². The summed E-state index contributed by atoms with van der Waals surface area (Å²) in [5.41, 5.74) is 0.462. The Morgan fingerprint density at radius 2 is 1.50 bits per heavy atom. The minimum absolute atomic E-state index is 0.130. The number of nitrogens with one attached hydrogen (secondary N) is 1. The van der Waals surface area contributed by atoms with E-state index in [0.717, 1.165) is 23.2 Å². The van der Waals surface area contributed by atoms with Crippen molar-refractivity contribution in [2.24, 2.45) is 0 Å². The Bertz CT molecular complexity index is 1020. The quantitative estimate of drug-likeness (QED) is 0.127.